The van der Waals surface area contributed by atoms with Crippen molar-refractivity contribution >= 4 is 13.8 Å². The highest BCUT2D eigenvalue weighted by Gasteiger charge is 2.51. The maximum absolute atomic E-state index is 12.9. The Balaban J connectivity index is 2.28. The summed E-state index contributed by atoms with van der Waals surface area (Å²) in [7, 11) is -5.03. The van der Waals surface area contributed by atoms with Gasteiger partial charge in [-0.1, -0.05) is 217 Å². The van der Waals surface area contributed by atoms with E-state index in [0.717, 1.165) is 51.4 Å². The van der Waals surface area contributed by atoms with Gasteiger partial charge in [0.05, 0.1) is 13.2 Å². The summed E-state index contributed by atoms with van der Waals surface area (Å²) in [6, 6.07) is 0. The van der Waals surface area contributed by atoms with Gasteiger partial charge in [0.15, 0.2) is 0 Å². The number of phosphoric acid groups is 1. The molecule has 0 radical (unpaired) electrons. The molecule has 1 fully saturated rings. The molecule has 412 valence electrons. The molecule has 0 aromatic rings. The molecule has 0 bridgehead atoms. The number of hydrogen-bond donors (Lipinski definition) is 6. The molecule has 1 aliphatic rings. The molecule has 6 unspecified atom stereocenters. The number of aliphatic hydroxyl groups excluding tert-OH is 5. The van der Waals surface area contributed by atoms with Crippen LogP contribution in [0.25, 0.3) is 0 Å². The minimum absolute atomic E-state index is 0.0769. The minimum atomic E-state index is -5.03. The predicted molar refractivity (Wildman–Crippen MR) is 286 cm³/mol. The first-order valence-corrected chi connectivity index (χ1v) is 30.3. The quantitative estimate of drug-likeness (QED) is 0.0146. The van der Waals surface area contributed by atoms with E-state index in [2.05, 4.69) is 50.3 Å². The van der Waals surface area contributed by atoms with Crippen LogP contribution in [0.4, 0.5) is 0 Å². The molecule has 12 nitrogen and oxygen atoms in total. The second-order valence-electron chi connectivity index (χ2n) is 20.1. The lowest BCUT2D eigenvalue weighted by Gasteiger charge is -2.41. The monoisotopic (exact) mass is 1010 g/mol. The van der Waals surface area contributed by atoms with Crippen molar-refractivity contribution in [3.05, 3.63) is 36.5 Å². The van der Waals surface area contributed by atoms with Crippen LogP contribution in [0.1, 0.15) is 258 Å². The standard InChI is InChI=1S/C57H107O12P/c1-3-5-7-9-11-13-15-17-19-21-23-25-26-27-28-30-32-34-36-38-40-42-44-46-51(58)68-50(49-67-70(64,65)69-57-55(62)53(60)52(59)54(61)56(57)63)48-66-47-45-43-41-39-37-35-33-31-29-24-22-20-18-16-14-12-10-8-6-4-2/h12,14,18,20-21,23,50,52-57,59-63H,3-11,13,15-17,19,22,24-49H2,1-2H3,(H,64,65)/b14-12-,20-18-,23-21-. The van der Waals surface area contributed by atoms with Crippen LogP contribution in [0.3, 0.4) is 0 Å². The first-order chi connectivity index (χ1) is 34.0. The fraction of sp³-hybridized carbons (Fsp3) is 0.877. The summed E-state index contributed by atoms with van der Waals surface area (Å²) in [4.78, 5) is 23.3. The third-order valence-electron chi connectivity index (χ3n) is 13.5. The normalized spacial score (nSPS) is 21.1. The Labute approximate surface area is 427 Å². The Morgan fingerprint density at radius 1 is 0.457 bits per heavy atom. The molecule has 1 rings (SSSR count). The fourth-order valence-corrected chi connectivity index (χ4v) is 9.89. The van der Waals surface area contributed by atoms with E-state index in [1.165, 1.54) is 180 Å². The Morgan fingerprint density at radius 3 is 1.24 bits per heavy atom. The van der Waals surface area contributed by atoms with Crippen molar-refractivity contribution < 1.29 is 58.3 Å². The SMILES string of the molecule is CCCCC/C=C\C/C=C\CCCCCCCCCCCCOCC(COP(=O)(O)OC1C(O)C(O)C(O)C(O)C1O)OC(=O)CCCCCCCCCCCCC/C=C\CCCCCCCCCC. The molecule has 13 heteroatoms. The molecule has 1 saturated carbocycles. The first kappa shape index (κ1) is 66.6. The van der Waals surface area contributed by atoms with E-state index in [-0.39, 0.29) is 13.0 Å². The average Bonchev–Trinajstić information content (AvgIpc) is 3.35. The van der Waals surface area contributed by atoms with Crippen molar-refractivity contribution in [2.45, 2.75) is 301 Å². The van der Waals surface area contributed by atoms with Crippen molar-refractivity contribution in [3.8, 4) is 0 Å². The van der Waals surface area contributed by atoms with Crippen LogP contribution in [-0.2, 0) is 27.9 Å². The summed E-state index contributed by atoms with van der Waals surface area (Å²) in [5.41, 5.74) is 0. The molecule has 70 heavy (non-hydrogen) atoms. The van der Waals surface area contributed by atoms with Crippen LogP contribution in [0.15, 0.2) is 36.5 Å². The minimum Gasteiger partial charge on any atom is -0.457 e. The van der Waals surface area contributed by atoms with Gasteiger partial charge >= 0.3 is 13.8 Å². The van der Waals surface area contributed by atoms with Crippen LogP contribution in [0.5, 0.6) is 0 Å². The van der Waals surface area contributed by atoms with Crippen LogP contribution >= 0.6 is 7.82 Å². The summed E-state index contributed by atoms with van der Waals surface area (Å²) in [6.07, 6.45) is 46.4. The molecular formula is C57H107O12P. The summed E-state index contributed by atoms with van der Waals surface area (Å²) in [5, 5.41) is 50.4. The van der Waals surface area contributed by atoms with E-state index in [0.29, 0.717) is 13.0 Å². The molecule has 1 aliphatic carbocycles. The molecule has 6 atom stereocenters. The smallest absolute Gasteiger partial charge is 0.457 e. The zero-order valence-electron chi connectivity index (χ0n) is 44.6. The number of unbranched alkanes of at least 4 members (excludes halogenated alkanes) is 32. The van der Waals surface area contributed by atoms with E-state index in [4.69, 9.17) is 18.5 Å². The van der Waals surface area contributed by atoms with Crippen molar-refractivity contribution in [1.29, 1.82) is 0 Å². The van der Waals surface area contributed by atoms with Crippen molar-refractivity contribution in [2.75, 3.05) is 19.8 Å². The van der Waals surface area contributed by atoms with E-state index < -0.39 is 63.1 Å². The Kier molecular flexibility index (Phi) is 45.0. The van der Waals surface area contributed by atoms with Gasteiger partial charge in [0.2, 0.25) is 0 Å². The van der Waals surface area contributed by atoms with Gasteiger partial charge < -0.3 is 39.9 Å². The van der Waals surface area contributed by atoms with E-state index in [1.807, 2.05) is 0 Å². The number of carbonyl (C=O) groups is 1. The van der Waals surface area contributed by atoms with Gasteiger partial charge in [-0.2, -0.15) is 0 Å². The van der Waals surface area contributed by atoms with Crippen LogP contribution in [0.2, 0.25) is 0 Å². The summed E-state index contributed by atoms with van der Waals surface area (Å²) in [5.74, 6) is -0.475. The number of esters is 1. The lowest BCUT2D eigenvalue weighted by atomic mass is 9.85. The molecule has 0 saturated heterocycles. The van der Waals surface area contributed by atoms with Gasteiger partial charge in [0.1, 0.15) is 42.7 Å². The third kappa shape index (κ3) is 38.2. The van der Waals surface area contributed by atoms with E-state index in [1.54, 1.807) is 0 Å². The maximum Gasteiger partial charge on any atom is 0.472 e. The van der Waals surface area contributed by atoms with Crippen molar-refractivity contribution in [3.63, 3.8) is 0 Å². The molecule has 0 heterocycles. The van der Waals surface area contributed by atoms with Gasteiger partial charge in [0, 0.05) is 13.0 Å². The lowest BCUT2D eigenvalue weighted by molar-refractivity contribution is -0.220. The largest absolute Gasteiger partial charge is 0.472 e. The van der Waals surface area contributed by atoms with Gasteiger partial charge in [-0.3, -0.25) is 13.8 Å². The summed E-state index contributed by atoms with van der Waals surface area (Å²) < 4.78 is 34.4. The first-order valence-electron chi connectivity index (χ1n) is 28.8. The summed E-state index contributed by atoms with van der Waals surface area (Å²) >= 11 is 0. The van der Waals surface area contributed by atoms with Gasteiger partial charge in [-0.05, 0) is 70.6 Å². The van der Waals surface area contributed by atoms with Gasteiger partial charge in [-0.25, -0.2) is 4.57 Å². The topological polar surface area (TPSA) is 192 Å². The maximum atomic E-state index is 12.9. The van der Waals surface area contributed by atoms with E-state index >= 15 is 0 Å². The Hall–Kier alpha value is -1.44. The third-order valence-corrected chi connectivity index (χ3v) is 14.5. The number of phosphoric ester groups is 1. The Morgan fingerprint density at radius 2 is 0.800 bits per heavy atom. The van der Waals surface area contributed by atoms with Crippen LogP contribution < -0.4 is 0 Å². The highest BCUT2D eigenvalue weighted by atomic mass is 31.2. The number of allylic oxidation sites excluding steroid dienone is 6. The summed E-state index contributed by atoms with van der Waals surface area (Å²) in [6.45, 7) is 4.27. The molecule has 0 aliphatic heterocycles. The highest BCUT2D eigenvalue weighted by Crippen LogP contribution is 2.47. The average molecular weight is 1020 g/mol. The zero-order chi connectivity index (χ0) is 51.2. The molecule has 0 amide bonds. The zero-order valence-corrected chi connectivity index (χ0v) is 45.5. The number of carbonyl (C=O) groups excluding carboxylic acids is 1. The lowest BCUT2D eigenvalue weighted by Crippen LogP contribution is -2.64. The number of aliphatic hydroxyl groups is 5. The van der Waals surface area contributed by atoms with Crippen molar-refractivity contribution in [1.82, 2.24) is 0 Å². The molecule has 0 aromatic heterocycles. The highest BCUT2D eigenvalue weighted by molar-refractivity contribution is 7.47. The Bertz CT molecular complexity index is 1300. The van der Waals surface area contributed by atoms with Gasteiger partial charge in [-0.15, -0.1) is 0 Å². The number of ether oxygens (including phenoxy) is 2. The van der Waals surface area contributed by atoms with E-state index in [9.17, 15) is 39.8 Å². The molecule has 0 spiro atoms. The molecule has 0 aromatic carbocycles. The van der Waals surface area contributed by atoms with Crippen LogP contribution in [0, 0.1) is 0 Å². The molecule has 6 N–H and O–H groups in total. The number of hydrogen-bond acceptors (Lipinski definition) is 11. The number of rotatable bonds is 50. The molecular weight excluding hydrogens is 908 g/mol. The van der Waals surface area contributed by atoms with Crippen molar-refractivity contribution in [2.24, 2.45) is 0 Å². The second kappa shape index (κ2) is 47.3. The second-order valence-corrected chi connectivity index (χ2v) is 21.5. The predicted octanol–water partition coefficient (Wildman–Crippen LogP) is 13.8. The fourth-order valence-electron chi connectivity index (χ4n) is 8.91. The van der Waals surface area contributed by atoms with Crippen LogP contribution in [-0.4, -0.2) is 98.9 Å². The van der Waals surface area contributed by atoms with Gasteiger partial charge in [0.25, 0.3) is 0 Å².